The summed E-state index contributed by atoms with van der Waals surface area (Å²) in [6.07, 6.45) is 0.0391. The van der Waals surface area contributed by atoms with Gasteiger partial charge in [0.2, 0.25) is 5.91 Å². The van der Waals surface area contributed by atoms with Crippen LogP contribution >= 0.6 is 0 Å². The van der Waals surface area contributed by atoms with Gasteiger partial charge in [0.15, 0.2) is 0 Å². The van der Waals surface area contributed by atoms with Crippen LogP contribution in [0, 0.1) is 5.82 Å². The Balaban J connectivity index is 1.82. The van der Waals surface area contributed by atoms with Crippen molar-refractivity contribution in [1.29, 1.82) is 0 Å². The molecule has 1 aliphatic heterocycles. The van der Waals surface area contributed by atoms with E-state index in [1.165, 1.54) is 12.1 Å². The first kappa shape index (κ1) is 19.2. The third-order valence-corrected chi connectivity index (χ3v) is 4.20. The quantitative estimate of drug-likeness (QED) is 0.839. The molecule has 0 aromatic heterocycles. The molecule has 5 nitrogen and oxygen atoms in total. The van der Waals surface area contributed by atoms with E-state index in [9.17, 15) is 14.0 Å². The van der Waals surface area contributed by atoms with Crippen LogP contribution in [0.1, 0.15) is 45.6 Å². The van der Waals surface area contributed by atoms with Gasteiger partial charge in [-0.15, -0.1) is 0 Å². The monoisotopic (exact) mass is 350 g/mol. The minimum absolute atomic E-state index is 0.0250. The molecule has 6 heteroatoms. The fourth-order valence-electron chi connectivity index (χ4n) is 2.77. The normalized spacial score (nSPS) is 16.5. The number of nitrogens with zero attached hydrogens (tertiary/aromatic N) is 2. The zero-order chi connectivity index (χ0) is 18.6. The summed E-state index contributed by atoms with van der Waals surface area (Å²) < 4.78 is 18.3. The molecule has 0 N–H and O–H groups in total. The van der Waals surface area contributed by atoms with E-state index in [0.717, 1.165) is 5.56 Å². The van der Waals surface area contributed by atoms with Crippen molar-refractivity contribution in [3.63, 3.8) is 0 Å². The van der Waals surface area contributed by atoms with E-state index in [-0.39, 0.29) is 23.7 Å². The van der Waals surface area contributed by atoms with Gasteiger partial charge in [0.1, 0.15) is 11.4 Å². The zero-order valence-corrected chi connectivity index (χ0v) is 15.4. The Labute approximate surface area is 148 Å². The van der Waals surface area contributed by atoms with Crippen molar-refractivity contribution >= 4 is 12.0 Å². The maximum Gasteiger partial charge on any atom is 0.410 e. The molecule has 1 heterocycles. The Bertz CT molecular complexity index is 602. The summed E-state index contributed by atoms with van der Waals surface area (Å²) in [5.41, 5.74) is 0.427. The van der Waals surface area contributed by atoms with Gasteiger partial charge in [-0.2, -0.15) is 0 Å². The number of carbonyl (C=O) groups is 2. The predicted molar refractivity (Wildman–Crippen MR) is 93.8 cm³/mol. The van der Waals surface area contributed by atoms with Gasteiger partial charge in [0, 0.05) is 32.6 Å². The molecule has 0 radical (unpaired) electrons. The standard InChI is InChI=1S/C19H27FN2O3/c1-14(15-5-7-16(20)8-6-15)13-17(23)21-9-11-22(12-10-21)18(24)25-19(2,3)4/h5-8,14H,9-13H2,1-4H3. The molecule has 2 rings (SSSR count). The summed E-state index contributed by atoms with van der Waals surface area (Å²) >= 11 is 0. The van der Waals surface area contributed by atoms with Gasteiger partial charge in [-0.25, -0.2) is 9.18 Å². The fourth-order valence-corrected chi connectivity index (χ4v) is 2.77. The number of rotatable bonds is 3. The van der Waals surface area contributed by atoms with Gasteiger partial charge in [0.05, 0.1) is 0 Å². The van der Waals surface area contributed by atoms with E-state index in [1.807, 2.05) is 27.7 Å². The SMILES string of the molecule is CC(CC(=O)N1CCN(C(=O)OC(C)(C)C)CC1)c1ccc(F)cc1. The molecular formula is C19H27FN2O3. The van der Waals surface area contributed by atoms with E-state index >= 15 is 0 Å². The van der Waals surface area contributed by atoms with Crippen molar-refractivity contribution in [2.45, 2.75) is 45.6 Å². The van der Waals surface area contributed by atoms with Crippen molar-refractivity contribution in [2.24, 2.45) is 0 Å². The van der Waals surface area contributed by atoms with Crippen LogP contribution < -0.4 is 0 Å². The predicted octanol–water partition coefficient (Wildman–Crippen LogP) is 3.40. The van der Waals surface area contributed by atoms with Gasteiger partial charge in [0.25, 0.3) is 0 Å². The number of halogens is 1. The van der Waals surface area contributed by atoms with E-state index in [1.54, 1.807) is 21.9 Å². The molecule has 0 spiro atoms. The molecule has 0 saturated carbocycles. The van der Waals surface area contributed by atoms with Crippen molar-refractivity contribution in [3.8, 4) is 0 Å². The first-order valence-electron chi connectivity index (χ1n) is 8.67. The Morgan fingerprint density at radius 1 is 1.08 bits per heavy atom. The summed E-state index contributed by atoms with van der Waals surface area (Å²) in [6, 6.07) is 6.26. The number of hydrogen-bond acceptors (Lipinski definition) is 3. The van der Waals surface area contributed by atoms with Crippen molar-refractivity contribution < 1.29 is 18.7 Å². The molecule has 1 fully saturated rings. The van der Waals surface area contributed by atoms with Crippen LogP contribution in [-0.2, 0) is 9.53 Å². The largest absolute Gasteiger partial charge is 0.444 e. The molecular weight excluding hydrogens is 323 g/mol. The summed E-state index contributed by atoms with van der Waals surface area (Å²) in [5, 5.41) is 0. The molecule has 0 aliphatic carbocycles. The molecule has 1 unspecified atom stereocenters. The lowest BCUT2D eigenvalue weighted by molar-refractivity contribution is -0.133. The first-order chi connectivity index (χ1) is 11.7. The number of benzene rings is 1. The maximum absolute atomic E-state index is 13.0. The smallest absolute Gasteiger partial charge is 0.410 e. The van der Waals surface area contributed by atoms with Gasteiger partial charge in [-0.1, -0.05) is 19.1 Å². The molecule has 25 heavy (non-hydrogen) atoms. The molecule has 2 amide bonds. The van der Waals surface area contributed by atoms with E-state index < -0.39 is 5.60 Å². The lowest BCUT2D eigenvalue weighted by Gasteiger charge is -2.36. The molecule has 1 aromatic rings. The Hall–Kier alpha value is -2.11. The van der Waals surface area contributed by atoms with Gasteiger partial charge in [-0.05, 0) is 44.4 Å². The highest BCUT2D eigenvalue weighted by Crippen LogP contribution is 2.21. The number of ether oxygens (including phenoxy) is 1. The lowest BCUT2D eigenvalue weighted by Crippen LogP contribution is -2.51. The minimum Gasteiger partial charge on any atom is -0.444 e. The van der Waals surface area contributed by atoms with E-state index in [4.69, 9.17) is 4.74 Å². The molecule has 1 aromatic carbocycles. The van der Waals surface area contributed by atoms with Crippen LogP contribution in [0.5, 0.6) is 0 Å². The van der Waals surface area contributed by atoms with Crippen LogP contribution in [-0.4, -0.2) is 53.6 Å². The highest BCUT2D eigenvalue weighted by Gasteiger charge is 2.28. The number of hydrogen-bond donors (Lipinski definition) is 0. The lowest BCUT2D eigenvalue weighted by atomic mass is 9.97. The first-order valence-corrected chi connectivity index (χ1v) is 8.67. The third-order valence-electron chi connectivity index (χ3n) is 4.20. The Morgan fingerprint density at radius 2 is 1.60 bits per heavy atom. The second kappa shape index (κ2) is 7.85. The van der Waals surface area contributed by atoms with Gasteiger partial charge < -0.3 is 14.5 Å². The molecule has 1 atom stereocenters. The van der Waals surface area contributed by atoms with Crippen LogP contribution in [0.15, 0.2) is 24.3 Å². The number of piperazine rings is 1. The number of amides is 2. The van der Waals surface area contributed by atoms with Gasteiger partial charge >= 0.3 is 6.09 Å². The Kier molecular flexibility index (Phi) is 6.03. The van der Waals surface area contributed by atoms with E-state index in [0.29, 0.717) is 32.6 Å². The Morgan fingerprint density at radius 3 is 2.12 bits per heavy atom. The second-order valence-electron chi connectivity index (χ2n) is 7.50. The minimum atomic E-state index is -0.519. The van der Waals surface area contributed by atoms with Crippen LogP contribution in [0.3, 0.4) is 0 Å². The van der Waals surface area contributed by atoms with E-state index in [2.05, 4.69) is 0 Å². The highest BCUT2D eigenvalue weighted by molar-refractivity contribution is 5.77. The average molecular weight is 350 g/mol. The van der Waals surface area contributed by atoms with Crippen molar-refractivity contribution in [2.75, 3.05) is 26.2 Å². The van der Waals surface area contributed by atoms with Crippen molar-refractivity contribution in [1.82, 2.24) is 9.80 Å². The molecule has 138 valence electrons. The number of carbonyl (C=O) groups excluding carboxylic acids is 2. The van der Waals surface area contributed by atoms with Crippen LogP contribution in [0.4, 0.5) is 9.18 Å². The summed E-state index contributed by atoms with van der Waals surface area (Å²) in [5.74, 6) is -0.196. The summed E-state index contributed by atoms with van der Waals surface area (Å²) in [6.45, 7) is 9.44. The third kappa shape index (κ3) is 5.73. The maximum atomic E-state index is 13.0. The summed E-state index contributed by atoms with van der Waals surface area (Å²) in [7, 11) is 0. The molecule has 1 saturated heterocycles. The highest BCUT2D eigenvalue weighted by atomic mass is 19.1. The molecule has 0 bridgehead atoms. The van der Waals surface area contributed by atoms with Crippen LogP contribution in [0.2, 0.25) is 0 Å². The fraction of sp³-hybridized carbons (Fsp3) is 0.579. The zero-order valence-electron chi connectivity index (χ0n) is 15.4. The van der Waals surface area contributed by atoms with Gasteiger partial charge in [-0.3, -0.25) is 4.79 Å². The second-order valence-corrected chi connectivity index (χ2v) is 7.50. The summed E-state index contributed by atoms with van der Waals surface area (Å²) in [4.78, 5) is 27.9. The van der Waals surface area contributed by atoms with Crippen molar-refractivity contribution in [3.05, 3.63) is 35.6 Å². The topological polar surface area (TPSA) is 49.9 Å². The molecule has 1 aliphatic rings. The van der Waals surface area contributed by atoms with Crippen LogP contribution in [0.25, 0.3) is 0 Å². The average Bonchev–Trinajstić information content (AvgIpc) is 2.54.